The Morgan fingerprint density at radius 1 is 0.583 bits per heavy atom. The predicted molar refractivity (Wildman–Crippen MR) is 115 cm³/mol. The predicted octanol–water partition coefficient (Wildman–Crippen LogP) is 8.44. The average Bonchev–Trinajstić information content (AvgIpc) is 2.60. The molecule has 1 aromatic rings. The molecule has 0 aromatic heterocycles. The molecule has 0 aliphatic rings. The van der Waals surface area contributed by atoms with Gasteiger partial charge in [-0.05, 0) is 31.3 Å². The summed E-state index contributed by atoms with van der Waals surface area (Å²) >= 11 is 2.18. The molecule has 0 fully saturated rings. The summed E-state index contributed by atoms with van der Waals surface area (Å²) in [6, 6.07) is 10.3. The minimum atomic E-state index is 1.32. The van der Waals surface area contributed by atoms with Crippen molar-refractivity contribution in [3.05, 3.63) is 35.9 Å². The molecule has 24 heavy (non-hydrogen) atoms. The van der Waals surface area contributed by atoms with Gasteiger partial charge in [0.2, 0.25) is 0 Å². The molecule has 0 saturated carbocycles. The Morgan fingerprint density at radius 2 is 1.00 bits per heavy atom. The summed E-state index contributed by atoms with van der Waals surface area (Å²) in [5.74, 6) is 2.81. The van der Waals surface area contributed by atoms with E-state index < -0.39 is 0 Å². The minimum absolute atomic E-state index is 1.32. The van der Waals surface area contributed by atoms with Crippen molar-refractivity contribution < 1.29 is 0 Å². The van der Waals surface area contributed by atoms with E-state index in [1.807, 2.05) is 18.2 Å². The third kappa shape index (κ3) is 19.6. The van der Waals surface area contributed by atoms with Crippen LogP contribution in [0.3, 0.4) is 0 Å². The number of thioether (sulfide) groups is 1. The molecule has 0 bridgehead atoms. The summed E-state index contributed by atoms with van der Waals surface area (Å²) < 4.78 is 0. The van der Waals surface area contributed by atoms with E-state index in [9.17, 15) is 0 Å². The lowest BCUT2D eigenvalue weighted by molar-refractivity contribution is 0.624. The molecule has 0 aliphatic carbocycles. The zero-order chi connectivity index (χ0) is 17.7. The third-order valence-electron chi connectivity index (χ3n) is 4.22. The van der Waals surface area contributed by atoms with E-state index in [4.69, 9.17) is 0 Å². The number of rotatable bonds is 14. The average molecular weight is 351 g/mol. The molecule has 0 atom stereocenters. The molecule has 0 amide bonds. The monoisotopic (exact) mass is 350 g/mol. The number of aryl methyl sites for hydroxylation is 1. The first-order valence-electron chi connectivity index (χ1n) is 10.4. The van der Waals surface area contributed by atoms with Crippen molar-refractivity contribution in [2.45, 2.75) is 97.8 Å². The number of benzene rings is 1. The van der Waals surface area contributed by atoms with Gasteiger partial charge in [-0.25, -0.2) is 0 Å². The van der Waals surface area contributed by atoms with Gasteiger partial charge in [0.05, 0.1) is 0 Å². The van der Waals surface area contributed by atoms with E-state index >= 15 is 0 Å². The maximum Gasteiger partial charge on any atom is -0.00675 e. The standard InChI is InChI=1S/C16H34S.C7H8/c1-3-5-7-9-11-13-15-17-16-14-12-10-8-6-4-2;1-7-5-3-2-4-6-7/h3-16H2,1-2H3;2-6H,1H3. The van der Waals surface area contributed by atoms with Crippen LogP contribution < -0.4 is 0 Å². The first kappa shape index (κ1) is 23.6. The summed E-state index contributed by atoms with van der Waals surface area (Å²) in [4.78, 5) is 0. The molecule has 1 heteroatoms. The van der Waals surface area contributed by atoms with E-state index in [2.05, 4.69) is 44.7 Å². The van der Waals surface area contributed by atoms with Crippen LogP contribution in [-0.4, -0.2) is 11.5 Å². The van der Waals surface area contributed by atoms with Gasteiger partial charge in [-0.2, -0.15) is 11.8 Å². The van der Waals surface area contributed by atoms with Crippen molar-refractivity contribution >= 4 is 11.8 Å². The van der Waals surface area contributed by atoms with Gasteiger partial charge in [0, 0.05) is 0 Å². The fourth-order valence-electron chi connectivity index (χ4n) is 2.61. The van der Waals surface area contributed by atoms with Crippen LogP contribution in [-0.2, 0) is 0 Å². The molecule has 0 nitrogen and oxygen atoms in total. The van der Waals surface area contributed by atoms with Gasteiger partial charge < -0.3 is 0 Å². The van der Waals surface area contributed by atoms with Crippen molar-refractivity contribution in [2.75, 3.05) is 11.5 Å². The van der Waals surface area contributed by atoms with Crippen LogP contribution in [0.1, 0.15) is 96.5 Å². The molecule has 0 spiro atoms. The number of unbranched alkanes of at least 4 members (excludes halogenated alkanes) is 10. The van der Waals surface area contributed by atoms with Crippen LogP contribution in [0.4, 0.5) is 0 Å². The SMILES string of the molecule is CCCCCCCCSCCCCCCCC.Cc1ccccc1. The molecule has 1 aromatic carbocycles. The van der Waals surface area contributed by atoms with E-state index in [-0.39, 0.29) is 0 Å². The van der Waals surface area contributed by atoms with Gasteiger partial charge >= 0.3 is 0 Å². The van der Waals surface area contributed by atoms with Crippen molar-refractivity contribution in [1.29, 1.82) is 0 Å². The van der Waals surface area contributed by atoms with Gasteiger partial charge in [0.25, 0.3) is 0 Å². The quantitative estimate of drug-likeness (QED) is 0.303. The highest BCUT2D eigenvalue weighted by molar-refractivity contribution is 7.99. The molecule has 0 aliphatic heterocycles. The highest BCUT2D eigenvalue weighted by atomic mass is 32.2. The van der Waals surface area contributed by atoms with Gasteiger partial charge in [0.1, 0.15) is 0 Å². The van der Waals surface area contributed by atoms with Crippen LogP contribution in [0.5, 0.6) is 0 Å². The van der Waals surface area contributed by atoms with Crippen molar-refractivity contribution in [3.63, 3.8) is 0 Å². The van der Waals surface area contributed by atoms with Gasteiger partial charge in [0.15, 0.2) is 0 Å². The van der Waals surface area contributed by atoms with E-state index in [0.717, 1.165) is 0 Å². The van der Waals surface area contributed by atoms with Crippen molar-refractivity contribution in [2.24, 2.45) is 0 Å². The normalized spacial score (nSPS) is 10.3. The van der Waals surface area contributed by atoms with E-state index in [0.29, 0.717) is 0 Å². The Labute approximate surface area is 157 Å². The molecule has 0 radical (unpaired) electrons. The second-order valence-electron chi connectivity index (χ2n) is 6.80. The topological polar surface area (TPSA) is 0 Å². The zero-order valence-corrected chi connectivity index (χ0v) is 17.5. The lowest BCUT2D eigenvalue weighted by Crippen LogP contribution is -1.86. The number of hydrogen-bond donors (Lipinski definition) is 0. The second kappa shape index (κ2) is 20.6. The van der Waals surface area contributed by atoms with Crippen LogP contribution >= 0.6 is 11.8 Å². The fourth-order valence-corrected chi connectivity index (χ4v) is 3.63. The Kier molecular flexibility index (Phi) is 20.2. The number of hydrogen-bond acceptors (Lipinski definition) is 1. The highest BCUT2D eigenvalue weighted by Gasteiger charge is 1.93. The molecule has 1 rings (SSSR count). The summed E-state index contributed by atoms with van der Waals surface area (Å²) in [7, 11) is 0. The fraction of sp³-hybridized carbons (Fsp3) is 0.739. The second-order valence-corrected chi connectivity index (χ2v) is 8.03. The Morgan fingerprint density at radius 3 is 1.38 bits per heavy atom. The van der Waals surface area contributed by atoms with Gasteiger partial charge in [-0.3, -0.25) is 0 Å². The lowest BCUT2D eigenvalue weighted by Gasteiger charge is -2.02. The van der Waals surface area contributed by atoms with E-state index in [1.54, 1.807) is 0 Å². The first-order chi connectivity index (χ1) is 11.8. The molecule has 140 valence electrons. The molecule has 0 unspecified atom stereocenters. The maximum absolute atomic E-state index is 2.29. The van der Waals surface area contributed by atoms with Crippen molar-refractivity contribution in [1.82, 2.24) is 0 Å². The highest BCUT2D eigenvalue weighted by Crippen LogP contribution is 2.13. The lowest BCUT2D eigenvalue weighted by atomic mass is 10.1. The van der Waals surface area contributed by atoms with Crippen LogP contribution in [0.15, 0.2) is 30.3 Å². The van der Waals surface area contributed by atoms with Crippen LogP contribution in [0.25, 0.3) is 0 Å². The molecular weight excluding hydrogens is 308 g/mol. The molecule has 0 saturated heterocycles. The van der Waals surface area contributed by atoms with Crippen LogP contribution in [0, 0.1) is 6.92 Å². The largest absolute Gasteiger partial charge is 0.162 e. The summed E-state index contributed by atoms with van der Waals surface area (Å²) in [5.41, 5.74) is 1.32. The molecule has 0 heterocycles. The first-order valence-corrected chi connectivity index (χ1v) is 11.6. The third-order valence-corrected chi connectivity index (χ3v) is 5.38. The Balaban J connectivity index is 0.000000620. The minimum Gasteiger partial charge on any atom is -0.162 e. The summed E-state index contributed by atoms with van der Waals surface area (Å²) in [5, 5.41) is 0. The van der Waals surface area contributed by atoms with Crippen LogP contribution in [0.2, 0.25) is 0 Å². The molecular formula is C23H42S. The summed E-state index contributed by atoms with van der Waals surface area (Å²) in [6.45, 7) is 6.66. The van der Waals surface area contributed by atoms with E-state index in [1.165, 1.54) is 94.1 Å². The zero-order valence-electron chi connectivity index (χ0n) is 16.7. The van der Waals surface area contributed by atoms with Gasteiger partial charge in [-0.15, -0.1) is 0 Å². The smallest absolute Gasteiger partial charge is 0.00675 e. The van der Waals surface area contributed by atoms with Crippen molar-refractivity contribution in [3.8, 4) is 0 Å². The Bertz CT molecular complexity index is 306. The molecule has 0 N–H and O–H groups in total. The summed E-state index contributed by atoms with van der Waals surface area (Å²) in [6.07, 6.45) is 17.3. The Hall–Kier alpha value is -0.430. The van der Waals surface area contributed by atoms with Gasteiger partial charge in [-0.1, -0.05) is 114 Å². The maximum atomic E-state index is 2.29.